The summed E-state index contributed by atoms with van der Waals surface area (Å²) in [5.74, 6) is -0.145. The summed E-state index contributed by atoms with van der Waals surface area (Å²) in [5.41, 5.74) is 2.83. The van der Waals surface area contributed by atoms with Gasteiger partial charge in [-0.15, -0.1) is 0 Å². The lowest BCUT2D eigenvalue weighted by atomic mass is 9.88. The first-order valence-corrected chi connectivity index (χ1v) is 10.8. The number of carbonyl (C=O) groups is 2. The number of carbonyl (C=O) groups excluding carboxylic acids is 2. The van der Waals surface area contributed by atoms with Crippen LogP contribution in [-0.2, 0) is 12.6 Å². The first kappa shape index (κ1) is 23.4. The molecular formula is C26H24F3N3O2. The number of nitrogens with zero attached hydrogens (tertiary/aromatic N) is 2. The molecule has 3 aromatic rings. The molecule has 0 radical (unpaired) electrons. The predicted molar refractivity (Wildman–Crippen MR) is 124 cm³/mol. The molecular weight excluding hydrogens is 443 g/mol. The minimum Gasteiger partial charge on any atom is -0.345 e. The molecule has 3 aromatic carbocycles. The van der Waals surface area contributed by atoms with Gasteiger partial charge in [0.2, 0.25) is 0 Å². The average molecular weight is 467 g/mol. The zero-order valence-electron chi connectivity index (χ0n) is 18.8. The SMILES string of the molecule is CN(C)C(=O)c1ccc(NC(=O)N2CCc3ccccc3[C@H]2c2ccc(C(F)(F)F)cc2)cc1. The monoisotopic (exact) mass is 467 g/mol. The maximum absolute atomic E-state index is 13.3. The third-order valence-corrected chi connectivity index (χ3v) is 5.89. The molecule has 0 unspecified atom stereocenters. The summed E-state index contributed by atoms with van der Waals surface area (Å²) in [6, 6.07) is 18.3. The standard InChI is InChI=1S/C26H24F3N3O2/c1-31(2)24(33)19-9-13-21(14-10-19)30-25(34)32-16-15-17-5-3-4-6-22(17)23(32)18-7-11-20(12-8-18)26(27,28)29/h3-14,23H,15-16H2,1-2H3,(H,30,34)/t23-/m1/s1. The summed E-state index contributed by atoms with van der Waals surface area (Å²) in [6.07, 6.45) is -3.79. The first-order chi connectivity index (χ1) is 16.1. The number of benzene rings is 3. The molecule has 5 nitrogen and oxygen atoms in total. The molecule has 1 aliphatic heterocycles. The topological polar surface area (TPSA) is 52.7 Å². The van der Waals surface area contributed by atoms with Crippen LogP contribution in [0.1, 0.15) is 38.7 Å². The van der Waals surface area contributed by atoms with Gasteiger partial charge in [-0.05, 0) is 59.5 Å². The van der Waals surface area contributed by atoms with Crippen molar-refractivity contribution in [2.24, 2.45) is 0 Å². The smallest absolute Gasteiger partial charge is 0.345 e. The molecule has 4 rings (SSSR count). The lowest BCUT2D eigenvalue weighted by Gasteiger charge is -2.37. The van der Waals surface area contributed by atoms with Crippen molar-refractivity contribution in [3.63, 3.8) is 0 Å². The van der Waals surface area contributed by atoms with E-state index in [0.717, 1.165) is 23.3 Å². The molecule has 0 fully saturated rings. The van der Waals surface area contributed by atoms with Crippen LogP contribution in [0.3, 0.4) is 0 Å². The van der Waals surface area contributed by atoms with Crippen molar-refractivity contribution in [3.05, 3.63) is 101 Å². The third kappa shape index (κ3) is 4.76. The maximum Gasteiger partial charge on any atom is 0.416 e. The summed E-state index contributed by atoms with van der Waals surface area (Å²) in [7, 11) is 3.32. The summed E-state index contributed by atoms with van der Waals surface area (Å²) in [4.78, 5) is 28.5. The Balaban J connectivity index is 1.62. The van der Waals surface area contributed by atoms with Gasteiger partial charge in [-0.3, -0.25) is 4.79 Å². The number of hydrogen-bond donors (Lipinski definition) is 1. The van der Waals surface area contributed by atoms with Gasteiger partial charge in [0.1, 0.15) is 0 Å². The van der Waals surface area contributed by atoms with Crippen LogP contribution in [0.15, 0.2) is 72.8 Å². The maximum atomic E-state index is 13.3. The number of rotatable bonds is 3. The van der Waals surface area contributed by atoms with Gasteiger partial charge >= 0.3 is 12.2 Å². The molecule has 1 aliphatic rings. The van der Waals surface area contributed by atoms with E-state index in [1.807, 2.05) is 24.3 Å². The number of fused-ring (bicyclic) bond motifs is 1. The van der Waals surface area contributed by atoms with E-state index >= 15 is 0 Å². The van der Waals surface area contributed by atoms with Gasteiger partial charge in [0.05, 0.1) is 11.6 Å². The van der Waals surface area contributed by atoms with Crippen molar-refractivity contribution in [1.82, 2.24) is 9.80 Å². The molecule has 0 aliphatic carbocycles. The van der Waals surface area contributed by atoms with Crippen LogP contribution in [0.25, 0.3) is 0 Å². The van der Waals surface area contributed by atoms with Crippen LogP contribution in [0.4, 0.5) is 23.7 Å². The first-order valence-electron chi connectivity index (χ1n) is 10.8. The Morgan fingerprint density at radius 1 is 0.941 bits per heavy atom. The van der Waals surface area contributed by atoms with Crippen LogP contribution >= 0.6 is 0 Å². The Kier molecular flexibility index (Phi) is 6.32. The zero-order valence-corrected chi connectivity index (χ0v) is 18.8. The minimum atomic E-state index is -4.43. The molecule has 1 heterocycles. The Hall–Kier alpha value is -3.81. The number of halogens is 3. The van der Waals surface area contributed by atoms with Gasteiger partial charge in [-0.1, -0.05) is 36.4 Å². The number of anilines is 1. The molecule has 0 bridgehead atoms. The van der Waals surface area contributed by atoms with E-state index < -0.39 is 17.8 Å². The normalized spacial score (nSPS) is 15.4. The highest BCUT2D eigenvalue weighted by Gasteiger charge is 2.34. The quantitative estimate of drug-likeness (QED) is 0.546. The van der Waals surface area contributed by atoms with E-state index in [9.17, 15) is 22.8 Å². The Morgan fingerprint density at radius 3 is 2.21 bits per heavy atom. The second-order valence-corrected chi connectivity index (χ2v) is 8.37. The summed E-state index contributed by atoms with van der Waals surface area (Å²) < 4.78 is 39.2. The number of hydrogen-bond acceptors (Lipinski definition) is 2. The summed E-state index contributed by atoms with van der Waals surface area (Å²) >= 11 is 0. The number of alkyl halides is 3. The van der Waals surface area contributed by atoms with Crippen LogP contribution in [0, 0.1) is 0 Å². The molecule has 1 N–H and O–H groups in total. The van der Waals surface area contributed by atoms with E-state index in [1.54, 1.807) is 43.3 Å². The van der Waals surface area contributed by atoms with Gasteiger partial charge in [-0.25, -0.2) is 4.79 Å². The molecule has 1 atom stereocenters. The van der Waals surface area contributed by atoms with E-state index in [1.165, 1.54) is 17.0 Å². The van der Waals surface area contributed by atoms with E-state index in [0.29, 0.717) is 29.8 Å². The number of urea groups is 1. The second kappa shape index (κ2) is 9.21. The third-order valence-electron chi connectivity index (χ3n) is 5.89. The highest BCUT2D eigenvalue weighted by Crippen LogP contribution is 2.37. The lowest BCUT2D eigenvalue weighted by Crippen LogP contribution is -2.43. The summed E-state index contributed by atoms with van der Waals surface area (Å²) in [5, 5.41) is 2.86. The van der Waals surface area contributed by atoms with Crippen molar-refractivity contribution in [2.45, 2.75) is 18.6 Å². The molecule has 0 saturated heterocycles. The molecule has 0 saturated carbocycles. The van der Waals surface area contributed by atoms with Crippen molar-refractivity contribution in [2.75, 3.05) is 26.0 Å². The van der Waals surface area contributed by atoms with Crippen molar-refractivity contribution < 1.29 is 22.8 Å². The minimum absolute atomic E-state index is 0.145. The molecule has 8 heteroatoms. The average Bonchev–Trinajstić information content (AvgIpc) is 2.82. The highest BCUT2D eigenvalue weighted by molar-refractivity contribution is 5.95. The van der Waals surface area contributed by atoms with E-state index in [4.69, 9.17) is 0 Å². The van der Waals surface area contributed by atoms with E-state index in [-0.39, 0.29) is 11.9 Å². The Bertz CT molecular complexity index is 1190. The molecule has 176 valence electrons. The number of nitrogens with one attached hydrogen (secondary N) is 1. The number of amides is 3. The van der Waals surface area contributed by atoms with Crippen molar-refractivity contribution in [1.29, 1.82) is 0 Å². The highest BCUT2D eigenvalue weighted by atomic mass is 19.4. The van der Waals surface area contributed by atoms with E-state index in [2.05, 4.69) is 5.32 Å². The fourth-order valence-electron chi connectivity index (χ4n) is 4.15. The van der Waals surface area contributed by atoms with Crippen LogP contribution in [0.5, 0.6) is 0 Å². The Labute approximate surface area is 195 Å². The largest absolute Gasteiger partial charge is 0.416 e. The van der Waals surface area contributed by atoms with Crippen LogP contribution in [-0.4, -0.2) is 42.4 Å². The molecule has 0 spiro atoms. The van der Waals surface area contributed by atoms with Crippen LogP contribution < -0.4 is 5.32 Å². The summed E-state index contributed by atoms with van der Waals surface area (Å²) in [6.45, 7) is 0.408. The molecule has 0 aromatic heterocycles. The van der Waals surface area contributed by atoms with Gasteiger partial charge in [0, 0.05) is 31.9 Å². The van der Waals surface area contributed by atoms with Gasteiger partial charge in [0.15, 0.2) is 0 Å². The fourth-order valence-corrected chi connectivity index (χ4v) is 4.15. The Morgan fingerprint density at radius 2 is 1.59 bits per heavy atom. The lowest BCUT2D eigenvalue weighted by molar-refractivity contribution is -0.137. The van der Waals surface area contributed by atoms with Crippen molar-refractivity contribution >= 4 is 17.6 Å². The zero-order chi connectivity index (χ0) is 24.5. The van der Waals surface area contributed by atoms with Gasteiger partial charge < -0.3 is 15.1 Å². The fraction of sp³-hybridized carbons (Fsp3) is 0.231. The van der Waals surface area contributed by atoms with Gasteiger partial charge in [0.25, 0.3) is 5.91 Å². The van der Waals surface area contributed by atoms with Crippen molar-refractivity contribution in [3.8, 4) is 0 Å². The molecule has 34 heavy (non-hydrogen) atoms. The predicted octanol–water partition coefficient (Wildman–Crippen LogP) is 5.59. The second-order valence-electron chi connectivity index (χ2n) is 8.37. The van der Waals surface area contributed by atoms with Gasteiger partial charge in [-0.2, -0.15) is 13.2 Å². The van der Waals surface area contributed by atoms with Crippen LogP contribution in [0.2, 0.25) is 0 Å². The molecule has 3 amide bonds.